The van der Waals surface area contributed by atoms with E-state index in [9.17, 15) is 0 Å². The molecule has 0 unspecified atom stereocenters. The topological polar surface area (TPSA) is 50.8 Å². The number of benzene rings is 1. The summed E-state index contributed by atoms with van der Waals surface area (Å²) >= 11 is 0. The molecule has 0 saturated carbocycles. The molecule has 0 fully saturated rings. The Bertz CT molecular complexity index is 505. The molecular weight excluding hydrogens is 214 g/mol. The lowest BCUT2D eigenvalue weighted by molar-refractivity contribution is 0.416. The van der Waals surface area contributed by atoms with Crippen molar-refractivity contribution in [2.75, 3.05) is 7.11 Å². The largest absolute Gasteiger partial charge is 0.496 e. The molecule has 0 amide bonds. The van der Waals surface area contributed by atoms with Crippen molar-refractivity contribution < 1.29 is 4.74 Å². The molecule has 90 valence electrons. The van der Waals surface area contributed by atoms with E-state index in [0.29, 0.717) is 5.82 Å². The van der Waals surface area contributed by atoms with Crippen molar-refractivity contribution in [1.82, 2.24) is 15.2 Å². The van der Waals surface area contributed by atoms with Crippen LogP contribution in [0.25, 0.3) is 11.4 Å². The summed E-state index contributed by atoms with van der Waals surface area (Å²) in [6, 6.07) is 6.00. The number of rotatable bonds is 4. The molecule has 0 bridgehead atoms. The molecule has 1 N–H and O–H groups in total. The number of nitrogens with zero attached hydrogens (tertiary/aromatic N) is 2. The van der Waals surface area contributed by atoms with Gasteiger partial charge in [0.2, 0.25) is 0 Å². The maximum atomic E-state index is 5.33. The molecule has 2 aromatic rings. The number of H-pyrrole nitrogens is 1. The van der Waals surface area contributed by atoms with Crippen molar-refractivity contribution >= 4 is 0 Å². The quantitative estimate of drug-likeness (QED) is 0.880. The Balaban J connectivity index is 2.40. The summed E-state index contributed by atoms with van der Waals surface area (Å²) in [5, 5.41) is 7.20. The van der Waals surface area contributed by atoms with Crippen molar-refractivity contribution in [3.63, 3.8) is 0 Å². The summed E-state index contributed by atoms with van der Waals surface area (Å²) in [6.07, 6.45) is 1.97. The lowest BCUT2D eigenvalue weighted by atomic mass is 10.1. The van der Waals surface area contributed by atoms with Gasteiger partial charge in [0, 0.05) is 6.42 Å². The van der Waals surface area contributed by atoms with Crippen LogP contribution in [0.4, 0.5) is 0 Å². The number of methoxy groups -OCH3 is 1. The van der Waals surface area contributed by atoms with Crippen molar-refractivity contribution in [3.8, 4) is 17.1 Å². The van der Waals surface area contributed by atoms with Crippen LogP contribution in [0.15, 0.2) is 18.2 Å². The first-order valence-corrected chi connectivity index (χ1v) is 5.81. The molecule has 0 radical (unpaired) electrons. The Morgan fingerprint density at radius 1 is 1.35 bits per heavy atom. The highest BCUT2D eigenvalue weighted by Gasteiger charge is 2.11. The van der Waals surface area contributed by atoms with Crippen LogP contribution < -0.4 is 4.74 Å². The van der Waals surface area contributed by atoms with Gasteiger partial charge in [-0.1, -0.05) is 18.6 Å². The summed E-state index contributed by atoms with van der Waals surface area (Å²) in [6.45, 7) is 4.16. The van der Waals surface area contributed by atoms with E-state index >= 15 is 0 Å². The summed E-state index contributed by atoms with van der Waals surface area (Å²) in [5.74, 6) is 2.43. The molecule has 1 aromatic carbocycles. The van der Waals surface area contributed by atoms with E-state index in [1.807, 2.05) is 25.1 Å². The average molecular weight is 231 g/mol. The van der Waals surface area contributed by atoms with Crippen LogP contribution in [0.2, 0.25) is 0 Å². The molecule has 0 aliphatic carbocycles. The van der Waals surface area contributed by atoms with E-state index in [4.69, 9.17) is 4.74 Å². The van der Waals surface area contributed by atoms with Crippen LogP contribution >= 0.6 is 0 Å². The number of ether oxygens (including phenoxy) is 1. The third-order valence-corrected chi connectivity index (χ3v) is 2.61. The lowest BCUT2D eigenvalue weighted by Gasteiger charge is -2.05. The summed E-state index contributed by atoms with van der Waals surface area (Å²) in [4.78, 5) is 4.47. The van der Waals surface area contributed by atoms with Crippen LogP contribution in [0.5, 0.6) is 5.75 Å². The minimum absolute atomic E-state index is 0.703. The van der Waals surface area contributed by atoms with E-state index in [-0.39, 0.29) is 0 Å². The zero-order valence-electron chi connectivity index (χ0n) is 10.4. The molecule has 4 nitrogen and oxygen atoms in total. The Hall–Kier alpha value is -1.84. The molecule has 0 aliphatic heterocycles. The molecule has 0 spiro atoms. The molecule has 1 heterocycles. The summed E-state index contributed by atoms with van der Waals surface area (Å²) < 4.78 is 5.33. The predicted molar refractivity (Wildman–Crippen MR) is 67.1 cm³/mol. The summed E-state index contributed by atoms with van der Waals surface area (Å²) in [7, 11) is 1.66. The molecule has 17 heavy (non-hydrogen) atoms. The van der Waals surface area contributed by atoms with Crippen molar-refractivity contribution in [1.29, 1.82) is 0 Å². The zero-order valence-corrected chi connectivity index (χ0v) is 10.4. The van der Waals surface area contributed by atoms with Gasteiger partial charge in [0.15, 0.2) is 5.82 Å². The van der Waals surface area contributed by atoms with Gasteiger partial charge >= 0.3 is 0 Å². The number of aromatic nitrogens is 3. The van der Waals surface area contributed by atoms with E-state index < -0.39 is 0 Å². The highest BCUT2D eigenvalue weighted by molar-refractivity contribution is 5.64. The molecular formula is C13H17N3O. The molecule has 0 aliphatic rings. The van der Waals surface area contributed by atoms with Gasteiger partial charge in [0.25, 0.3) is 0 Å². The third kappa shape index (κ3) is 2.46. The second kappa shape index (κ2) is 4.99. The molecule has 1 aromatic heterocycles. The van der Waals surface area contributed by atoms with E-state index in [1.54, 1.807) is 7.11 Å². The standard InChI is InChI=1S/C13H17N3O/c1-4-5-12-14-13(16-15-12)10-8-9(2)6-7-11(10)17-3/h6-8H,4-5H2,1-3H3,(H,14,15,16). The Kier molecular flexibility index (Phi) is 3.42. The second-order valence-electron chi connectivity index (χ2n) is 4.06. The third-order valence-electron chi connectivity index (χ3n) is 2.61. The molecule has 2 rings (SSSR count). The van der Waals surface area contributed by atoms with Crippen LogP contribution in [-0.2, 0) is 6.42 Å². The average Bonchev–Trinajstić information content (AvgIpc) is 2.78. The first-order valence-electron chi connectivity index (χ1n) is 5.81. The van der Waals surface area contributed by atoms with Gasteiger partial charge in [-0.15, -0.1) is 0 Å². The summed E-state index contributed by atoms with van der Waals surface area (Å²) in [5.41, 5.74) is 2.11. The first kappa shape index (κ1) is 11.6. The van der Waals surface area contributed by atoms with Crippen LogP contribution in [0.1, 0.15) is 24.7 Å². The molecule has 0 atom stereocenters. The van der Waals surface area contributed by atoms with Crippen molar-refractivity contribution in [3.05, 3.63) is 29.6 Å². The van der Waals surface area contributed by atoms with Gasteiger partial charge < -0.3 is 4.74 Å². The molecule has 0 saturated heterocycles. The fraction of sp³-hybridized carbons (Fsp3) is 0.385. The number of aryl methyl sites for hydroxylation is 2. The lowest BCUT2D eigenvalue weighted by Crippen LogP contribution is -1.90. The van der Waals surface area contributed by atoms with Gasteiger partial charge in [0.1, 0.15) is 11.6 Å². The predicted octanol–water partition coefficient (Wildman–Crippen LogP) is 2.74. The van der Waals surface area contributed by atoms with E-state index in [0.717, 1.165) is 30.0 Å². The normalized spacial score (nSPS) is 10.5. The van der Waals surface area contributed by atoms with Gasteiger partial charge in [-0.05, 0) is 25.5 Å². The van der Waals surface area contributed by atoms with E-state index in [2.05, 4.69) is 22.1 Å². The Morgan fingerprint density at radius 2 is 2.18 bits per heavy atom. The minimum Gasteiger partial charge on any atom is -0.496 e. The SMILES string of the molecule is CCCc1nc(-c2cc(C)ccc2OC)n[nH]1. The van der Waals surface area contributed by atoms with Crippen LogP contribution in [-0.4, -0.2) is 22.3 Å². The maximum absolute atomic E-state index is 5.33. The van der Waals surface area contributed by atoms with Crippen molar-refractivity contribution in [2.45, 2.75) is 26.7 Å². The van der Waals surface area contributed by atoms with Gasteiger partial charge in [-0.25, -0.2) is 4.98 Å². The second-order valence-corrected chi connectivity index (χ2v) is 4.06. The van der Waals surface area contributed by atoms with Crippen LogP contribution in [0, 0.1) is 6.92 Å². The van der Waals surface area contributed by atoms with Gasteiger partial charge in [-0.3, -0.25) is 5.10 Å². The number of hydrogen-bond acceptors (Lipinski definition) is 3. The monoisotopic (exact) mass is 231 g/mol. The highest BCUT2D eigenvalue weighted by Crippen LogP contribution is 2.28. The number of aromatic amines is 1. The smallest absolute Gasteiger partial charge is 0.184 e. The zero-order chi connectivity index (χ0) is 12.3. The maximum Gasteiger partial charge on any atom is 0.184 e. The van der Waals surface area contributed by atoms with Crippen LogP contribution in [0.3, 0.4) is 0 Å². The Labute approximate surface area is 101 Å². The van der Waals surface area contributed by atoms with Gasteiger partial charge in [0.05, 0.1) is 12.7 Å². The number of hydrogen-bond donors (Lipinski definition) is 1. The first-order chi connectivity index (χ1) is 8.24. The fourth-order valence-corrected chi connectivity index (χ4v) is 1.76. The molecule has 4 heteroatoms. The number of nitrogens with one attached hydrogen (secondary N) is 1. The fourth-order valence-electron chi connectivity index (χ4n) is 1.76. The van der Waals surface area contributed by atoms with Gasteiger partial charge in [-0.2, -0.15) is 5.10 Å². The Morgan fingerprint density at radius 3 is 2.88 bits per heavy atom. The minimum atomic E-state index is 0.703. The van der Waals surface area contributed by atoms with E-state index in [1.165, 1.54) is 5.56 Å². The van der Waals surface area contributed by atoms with Crippen molar-refractivity contribution in [2.24, 2.45) is 0 Å². The highest BCUT2D eigenvalue weighted by atomic mass is 16.5.